The Hall–Kier alpha value is -7.48. The Bertz CT molecular complexity index is 3380. The molecule has 2 aliphatic rings. The van der Waals surface area contributed by atoms with E-state index in [9.17, 15) is 0 Å². The lowest BCUT2D eigenvalue weighted by atomic mass is 9.81. The molecule has 1 aromatic heterocycles. The molecule has 10 aromatic rings. The van der Waals surface area contributed by atoms with Gasteiger partial charge in [-0.15, -0.1) is 0 Å². The van der Waals surface area contributed by atoms with E-state index in [4.69, 9.17) is 4.42 Å². The first-order valence-corrected chi connectivity index (χ1v) is 23.5. The van der Waals surface area contributed by atoms with E-state index < -0.39 is 0 Å². The van der Waals surface area contributed by atoms with Crippen LogP contribution in [0.4, 0.5) is 0 Å². The summed E-state index contributed by atoms with van der Waals surface area (Å²) >= 11 is 0. The molecule has 0 N–H and O–H groups in total. The smallest absolute Gasteiger partial charge is 0.136 e. The first-order chi connectivity index (χ1) is 32.2. The lowest BCUT2D eigenvalue weighted by Gasteiger charge is -2.22. The third kappa shape index (κ3) is 8.46. The standard InChI is InChI=1S/C29H22O.C22H20.C14H14/c1-19-6-8-20(9-7-19)21-10-12-22(13-11-21)24-15-16-27-26(18-24)29-25-5-3-2-4-23(25)14-17-28(29)30-27;1-15-9-11-18-19-12-10-17(16-7-5-4-6-8-16)14-21(19)22(2,3)20(18)13-15;1-2-12-8-10-14(11-9-12)13-6-4-3-5-7-13/h2-12,14-18,22H,13H2,1H3;4-14H,1-3H3;3-11H,2H2,1H3. The number of allylic oxidation sites excluding steroid dienone is 4. The maximum absolute atomic E-state index is 6.16. The van der Waals surface area contributed by atoms with Crippen molar-refractivity contribution in [3.8, 4) is 33.4 Å². The summed E-state index contributed by atoms with van der Waals surface area (Å²) in [6, 6.07) is 71.9. The second kappa shape index (κ2) is 18.2. The third-order valence-electron chi connectivity index (χ3n) is 13.7. The maximum atomic E-state index is 6.16. The minimum atomic E-state index is 0.0709. The van der Waals surface area contributed by atoms with Crippen LogP contribution in [0, 0.1) is 13.8 Å². The fourth-order valence-electron chi connectivity index (χ4n) is 9.85. The van der Waals surface area contributed by atoms with E-state index in [-0.39, 0.29) is 5.41 Å². The molecule has 2 aliphatic carbocycles. The van der Waals surface area contributed by atoms with E-state index in [0.29, 0.717) is 5.92 Å². The Kier molecular flexibility index (Phi) is 11.7. The molecule has 322 valence electrons. The number of hydrogen-bond acceptors (Lipinski definition) is 1. The van der Waals surface area contributed by atoms with Gasteiger partial charge in [0.25, 0.3) is 0 Å². The summed E-state index contributed by atoms with van der Waals surface area (Å²) in [4.78, 5) is 0. The highest BCUT2D eigenvalue weighted by Crippen LogP contribution is 2.50. The van der Waals surface area contributed by atoms with Crippen LogP contribution in [-0.4, -0.2) is 0 Å². The van der Waals surface area contributed by atoms with Crippen LogP contribution in [0.25, 0.3) is 71.7 Å². The number of furan rings is 1. The molecule has 0 spiro atoms. The Morgan fingerprint density at radius 2 is 1.09 bits per heavy atom. The van der Waals surface area contributed by atoms with E-state index in [2.05, 4.69) is 247 Å². The van der Waals surface area contributed by atoms with Crippen molar-refractivity contribution in [1.29, 1.82) is 0 Å². The summed E-state index contributed by atoms with van der Waals surface area (Å²) in [6.45, 7) is 11.2. The summed E-state index contributed by atoms with van der Waals surface area (Å²) in [7, 11) is 0. The zero-order valence-electron chi connectivity index (χ0n) is 38.7. The van der Waals surface area contributed by atoms with Crippen LogP contribution >= 0.6 is 0 Å². The van der Waals surface area contributed by atoms with Crippen molar-refractivity contribution in [2.24, 2.45) is 0 Å². The SMILES string of the molecule is CCc1ccc(-c2ccccc2)cc1.Cc1ccc(C2=CCC(c3ccc4oc5ccc6ccccc6c5c4c3)C=C2)cc1.Cc1ccc2c(c1)C(C)(C)c1cc(-c3ccccc3)ccc1-2. The molecule has 1 heterocycles. The Labute approximate surface area is 390 Å². The number of fused-ring (bicyclic) bond motifs is 8. The van der Waals surface area contributed by atoms with Gasteiger partial charge in [-0.2, -0.15) is 0 Å². The van der Waals surface area contributed by atoms with Crippen LogP contribution in [0.5, 0.6) is 0 Å². The van der Waals surface area contributed by atoms with Crippen molar-refractivity contribution in [3.05, 3.63) is 257 Å². The first-order valence-electron chi connectivity index (χ1n) is 23.5. The predicted molar refractivity (Wildman–Crippen MR) is 282 cm³/mol. The maximum Gasteiger partial charge on any atom is 0.136 e. The molecule has 1 atom stereocenters. The molecule has 0 fully saturated rings. The van der Waals surface area contributed by atoms with Gasteiger partial charge in [-0.25, -0.2) is 0 Å². The van der Waals surface area contributed by atoms with Crippen molar-refractivity contribution in [3.63, 3.8) is 0 Å². The summed E-state index contributed by atoms with van der Waals surface area (Å²) in [5.41, 5.74) is 20.8. The molecule has 0 saturated carbocycles. The van der Waals surface area contributed by atoms with Gasteiger partial charge in [-0.05, 0) is 128 Å². The van der Waals surface area contributed by atoms with Crippen molar-refractivity contribution < 1.29 is 4.42 Å². The summed E-state index contributed by atoms with van der Waals surface area (Å²) in [5.74, 6) is 0.392. The van der Waals surface area contributed by atoms with Crippen molar-refractivity contribution in [1.82, 2.24) is 0 Å². The number of aryl methyl sites for hydroxylation is 3. The van der Waals surface area contributed by atoms with Crippen molar-refractivity contribution in [2.45, 2.75) is 58.8 Å². The quantitative estimate of drug-likeness (QED) is 0.168. The molecule has 0 radical (unpaired) electrons. The van der Waals surface area contributed by atoms with Gasteiger partial charge in [0.2, 0.25) is 0 Å². The minimum absolute atomic E-state index is 0.0709. The molecule has 12 rings (SSSR count). The van der Waals surface area contributed by atoms with Gasteiger partial charge in [0.05, 0.1) is 0 Å². The average molecular weight is 853 g/mol. The van der Waals surface area contributed by atoms with Gasteiger partial charge in [-0.1, -0.05) is 226 Å². The van der Waals surface area contributed by atoms with Gasteiger partial charge in [0, 0.05) is 22.1 Å². The van der Waals surface area contributed by atoms with E-state index in [0.717, 1.165) is 24.0 Å². The number of rotatable bonds is 5. The van der Waals surface area contributed by atoms with Gasteiger partial charge in [0.1, 0.15) is 11.2 Å². The lowest BCUT2D eigenvalue weighted by Crippen LogP contribution is -2.15. The second-order valence-corrected chi connectivity index (χ2v) is 18.5. The van der Waals surface area contributed by atoms with Gasteiger partial charge < -0.3 is 4.42 Å². The normalized spacial score (nSPS) is 14.4. The van der Waals surface area contributed by atoms with Crippen LogP contribution in [0.2, 0.25) is 0 Å². The fourth-order valence-corrected chi connectivity index (χ4v) is 9.85. The molecule has 66 heavy (non-hydrogen) atoms. The molecule has 1 nitrogen and oxygen atoms in total. The van der Waals surface area contributed by atoms with Gasteiger partial charge >= 0.3 is 0 Å². The molecule has 0 bridgehead atoms. The van der Waals surface area contributed by atoms with Crippen molar-refractivity contribution >= 4 is 38.3 Å². The summed E-state index contributed by atoms with van der Waals surface area (Å²) < 4.78 is 6.16. The molecule has 1 heteroatoms. The molecule has 0 saturated heterocycles. The van der Waals surface area contributed by atoms with Crippen molar-refractivity contribution in [2.75, 3.05) is 0 Å². The van der Waals surface area contributed by atoms with E-state index in [1.165, 1.54) is 99.4 Å². The number of benzene rings is 9. The van der Waals surface area contributed by atoms with Crippen LogP contribution in [0.1, 0.15) is 72.1 Å². The fraction of sp³-hybridized carbons (Fsp3) is 0.138. The molecular formula is C65H56O. The van der Waals surface area contributed by atoms with Gasteiger partial charge in [0.15, 0.2) is 0 Å². The Balaban J connectivity index is 0.000000125. The Morgan fingerprint density at radius 3 is 1.79 bits per heavy atom. The van der Waals surface area contributed by atoms with Crippen LogP contribution in [0.3, 0.4) is 0 Å². The van der Waals surface area contributed by atoms with Gasteiger partial charge in [-0.3, -0.25) is 0 Å². The zero-order chi connectivity index (χ0) is 45.2. The topological polar surface area (TPSA) is 13.1 Å². The van der Waals surface area contributed by atoms with Crippen LogP contribution in [-0.2, 0) is 11.8 Å². The molecule has 0 amide bonds. The monoisotopic (exact) mass is 852 g/mol. The number of hydrogen-bond donors (Lipinski definition) is 0. The average Bonchev–Trinajstić information content (AvgIpc) is 3.86. The van der Waals surface area contributed by atoms with E-state index in [1.807, 2.05) is 6.07 Å². The highest BCUT2D eigenvalue weighted by atomic mass is 16.3. The summed E-state index contributed by atoms with van der Waals surface area (Å²) in [6.07, 6.45) is 9.10. The molecular weight excluding hydrogens is 797 g/mol. The zero-order valence-corrected chi connectivity index (χ0v) is 38.7. The van der Waals surface area contributed by atoms with E-state index >= 15 is 0 Å². The molecule has 1 unspecified atom stereocenters. The minimum Gasteiger partial charge on any atom is -0.456 e. The summed E-state index contributed by atoms with van der Waals surface area (Å²) in [5, 5.41) is 4.94. The predicted octanol–water partition coefficient (Wildman–Crippen LogP) is 18.1. The van der Waals surface area contributed by atoms with E-state index in [1.54, 1.807) is 0 Å². The molecule has 0 aliphatic heterocycles. The lowest BCUT2D eigenvalue weighted by molar-refractivity contribution is 0.660. The second-order valence-electron chi connectivity index (χ2n) is 18.5. The largest absolute Gasteiger partial charge is 0.456 e. The first kappa shape index (κ1) is 42.5. The van der Waals surface area contributed by atoms with Crippen LogP contribution < -0.4 is 0 Å². The highest BCUT2D eigenvalue weighted by molar-refractivity contribution is 6.18. The van der Waals surface area contributed by atoms with Crippen LogP contribution in [0.15, 0.2) is 223 Å². The Morgan fingerprint density at radius 1 is 0.500 bits per heavy atom. The molecule has 9 aromatic carbocycles. The third-order valence-corrected chi connectivity index (χ3v) is 13.7. The highest BCUT2D eigenvalue weighted by Gasteiger charge is 2.35.